The normalized spacial score (nSPS) is 25.4. The average molecular weight is 1730 g/mol. The summed E-state index contributed by atoms with van der Waals surface area (Å²) < 4.78 is 0. The Labute approximate surface area is 695 Å². The van der Waals surface area contributed by atoms with Crippen LogP contribution >= 0.6 is 35.3 Å². The van der Waals surface area contributed by atoms with Crippen molar-refractivity contribution in [2.24, 2.45) is 23.1 Å². The summed E-state index contributed by atoms with van der Waals surface area (Å²) in [6, 6.07) is -10.9. The number of fused-ring (bicyclic) bond motifs is 6. The molecule has 1 fully saturated rings. The summed E-state index contributed by atoms with van der Waals surface area (Å²) in [4.78, 5) is 263. The van der Waals surface area contributed by atoms with E-state index in [9.17, 15) is 122 Å². The van der Waals surface area contributed by atoms with Gasteiger partial charge in [0, 0.05) is 47.5 Å². The van der Waals surface area contributed by atoms with Crippen molar-refractivity contribution in [3.63, 3.8) is 0 Å². The summed E-state index contributed by atoms with van der Waals surface area (Å²) >= 11 is 2.95. The van der Waals surface area contributed by atoms with Crippen molar-refractivity contribution < 1.29 is 122 Å². The molecule has 3 aliphatic rings. The van der Waals surface area contributed by atoms with Gasteiger partial charge in [-0.15, -0.1) is 0 Å². The van der Waals surface area contributed by atoms with Crippen LogP contribution in [-0.2, 0) is 115 Å². The lowest BCUT2D eigenvalue weighted by molar-refractivity contribution is -0.146. The minimum absolute atomic E-state index is 0.0497. The Balaban J connectivity index is 1.66. The van der Waals surface area contributed by atoms with Crippen LogP contribution in [0.25, 0.3) is 0 Å². The summed E-state index contributed by atoms with van der Waals surface area (Å²) in [5.74, 6) is -24.3. The number of nitrogens with zero attached hydrogens (tertiary/aromatic N) is 1. The molecule has 4 bridgehead atoms. The molecule has 47 heteroatoms. The first-order chi connectivity index (χ1) is 56.5. The van der Waals surface area contributed by atoms with E-state index in [1.54, 1.807) is 48.5 Å². The molecule has 0 saturated carbocycles. The maximum absolute atomic E-state index is 14.5. The number of amides is 17. The first-order valence-corrected chi connectivity index (χ1v) is 41.2. The molecule has 5 rings (SSSR count). The molecule has 0 aromatic heterocycles. The maximum atomic E-state index is 14.5. The summed E-state index contributed by atoms with van der Waals surface area (Å²) in [5, 5.41) is 96.7. The van der Waals surface area contributed by atoms with Gasteiger partial charge in [0.05, 0.1) is 58.4 Å². The number of carbonyl (C=O) groups is 19. The molecule has 656 valence electrons. The molecule has 27 N–H and O–H groups in total. The van der Waals surface area contributed by atoms with Gasteiger partial charge in [0.15, 0.2) is 0 Å². The molecule has 5 unspecified atom stereocenters. The van der Waals surface area contributed by atoms with Gasteiger partial charge in [-0.3, -0.25) is 91.1 Å². The maximum Gasteiger partial charge on any atom is 0.322 e. The first kappa shape index (κ1) is 98.8. The van der Waals surface area contributed by atoms with Gasteiger partial charge in [0.2, 0.25) is 100 Å². The van der Waals surface area contributed by atoms with Gasteiger partial charge in [-0.05, 0) is 73.7 Å². The number of nitrogens with two attached hydrogens (primary N) is 3. The Hall–Kier alpha value is -10.8. The largest absolute Gasteiger partial charge is 0.481 e. The number of rotatable bonds is 20. The molecule has 44 nitrogen and oxygen atoms in total. The number of unbranched alkanes of at least 4 members (excludes halogenated alkanes) is 1. The van der Waals surface area contributed by atoms with Crippen LogP contribution in [0.4, 0.5) is 0 Å². The van der Waals surface area contributed by atoms with E-state index in [2.05, 4.69) is 79.8 Å². The molecule has 0 spiro atoms. The number of thioether (sulfide) groups is 3. The number of benzene rings is 2. The van der Waals surface area contributed by atoms with Crippen LogP contribution in [0.5, 0.6) is 0 Å². The highest BCUT2D eigenvalue weighted by molar-refractivity contribution is 7.99. The summed E-state index contributed by atoms with van der Waals surface area (Å²) in [6.45, 7) is -3.34. The molecule has 14 atom stereocenters. The van der Waals surface area contributed by atoms with Crippen molar-refractivity contribution in [1.82, 2.24) is 84.7 Å². The van der Waals surface area contributed by atoms with Gasteiger partial charge in [-0.1, -0.05) is 62.4 Å². The number of carboxylic acid groups (broad SMARTS) is 2. The Kier molecular flexibility index (Phi) is 41.6. The monoisotopic (exact) mass is 1730 g/mol. The minimum Gasteiger partial charge on any atom is -0.481 e. The minimum atomic E-state index is -1.94. The number of aliphatic hydroxyl groups excluding tert-OH is 4. The number of aliphatic hydroxyl groups is 4. The summed E-state index contributed by atoms with van der Waals surface area (Å²) in [7, 11) is 0. The van der Waals surface area contributed by atoms with E-state index in [-0.39, 0.29) is 79.7 Å². The summed E-state index contributed by atoms with van der Waals surface area (Å²) in [5.41, 5.74) is 19.0. The molecule has 2 aromatic carbocycles. The third-order valence-electron chi connectivity index (χ3n) is 18.3. The zero-order valence-corrected chi connectivity index (χ0v) is 67.8. The third kappa shape index (κ3) is 33.1. The van der Waals surface area contributed by atoms with Gasteiger partial charge >= 0.3 is 11.9 Å². The van der Waals surface area contributed by atoms with Gasteiger partial charge < -0.3 is 132 Å². The van der Waals surface area contributed by atoms with E-state index in [0.717, 1.165) is 40.2 Å². The molecule has 1 saturated heterocycles. The lowest BCUT2D eigenvalue weighted by Gasteiger charge is -2.30. The Morgan fingerprint density at radius 1 is 0.521 bits per heavy atom. The molecule has 17 amide bonds. The standard InChI is InChI=1S/C72H105N19O25S3/c1-35(2)58-71(115)83-44(21-56(99)100)72(116)91-15-9-13-52(91)70(114)87-48(28-95)67(111)86-47(27-94)68(112)89-50(62(106)78-24-57(101)102)33-118-30-39-16-38-17-40(18-39)31-119-34-51(88-59(103)36(3)74)69(113)82-43(20-53(75)96)65(109)85-46(26-93)66(110)80-41(12-7-8-14-73)63(107)81-42(19-37-10-5-4-6-11-37)64(108)84-45(25-92)60(104)76-22-54(97)79-49(32-117-29-38)61(105)77-23-55(98)90-58/h4-6,10-11,16-18,35-36,41-52,58,92-95H,7-9,12-15,19-34,73-74H2,1-3H3,(H2,75,96)(H,76,104)(H,77,105)(H,78,106)(H,79,97)(H,80,110)(H,81,107)(H,82,113)(H,83,115)(H,84,108)(H,85,109)(H,86,111)(H,87,114)(H,88,103)(H,89,112)(H,90,98)(H,99,100)(H,101,102)/t36-,41?,42-,43?,44-,45-,46-,47-,48?,49-,50?,51-,52-,58?/m0/s1. The van der Waals surface area contributed by atoms with E-state index < -0.39 is 262 Å². The molecule has 119 heavy (non-hydrogen) atoms. The number of hydrogen-bond acceptors (Lipinski definition) is 28. The Morgan fingerprint density at radius 3 is 1.54 bits per heavy atom. The number of carboxylic acids is 2. The zero-order valence-electron chi connectivity index (χ0n) is 65.4. The number of aliphatic carboxylic acids is 2. The molecular weight excluding hydrogens is 1630 g/mol. The zero-order chi connectivity index (χ0) is 88.2. The van der Waals surface area contributed by atoms with Crippen LogP contribution in [0.2, 0.25) is 0 Å². The van der Waals surface area contributed by atoms with E-state index in [0.29, 0.717) is 28.7 Å². The van der Waals surface area contributed by atoms with E-state index >= 15 is 0 Å². The highest BCUT2D eigenvalue weighted by Gasteiger charge is 2.42. The summed E-state index contributed by atoms with van der Waals surface area (Å²) in [6.07, 6.45) is -2.02. The van der Waals surface area contributed by atoms with Crippen molar-refractivity contribution in [2.45, 2.75) is 174 Å². The van der Waals surface area contributed by atoms with Crippen LogP contribution in [-0.4, -0.2) is 309 Å². The number of nitrogens with one attached hydrogen (secondary N) is 15. The molecular formula is C72H105N19O25S3. The van der Waals surface area contributed by atoms with Crippen LogP contribution in [0.3, 0.4) is 0 Å². The molecule has 2 aromatic rings. The fraction of sp³-hybridized carbons (Fsp3) is 0.569. The second kappa shape index (κ2) is 50.2. The molecule has 3 heterocycles. The van der Waals surface area contributed by atoms with Crippen molar-refractivity contribution in [3.8, 4) is 0 Å². The van der Waals surface area contributed by atoms with Crippen LogP contribution in [0, 0.1) is 5.92 Å². The second-order valence-corrected chi connectivity index (χ2v) is 31.3. The Bertz CT molecular complexity index is 3970. The lowest BCUT2D eigenvalue weighted by atomic mass is 10.0. The van der Waals surface area contributed by atoms with Crippen molar-refractivity contribution in [2.75, 3.05) is 76.4 Å². The number of carbonyl (C=O) groups excluding carboxylic acids is 17. The highest BCUT2D eigenvalue weighted by atomic mass is 32.2. The molecule has 0 radical (unpaired) electrons. The van der Waals surface area contributed by atoms with E-state index in [4.69, 9.17) is 17.2 Å². The number of primary amides is 1. The van der Waals surface area contributed by atoms with Crippen molar-refractivity contribution >= 4 is 148 Å². The van der Waals surface area contributed by atoms with Crippen molar-refractivity contribution in [1.29, 1.82) is 0 Å². The van der Waals surface area contributed by atoms with E-state index in [1.165, 1.54) is 20.8 Å². The van der Waals surface area contributed by atoms with E-state index in [1.807, 2.05) is 0 Å². The highest BCUT2D eigenvalue weighted by Crippen LogP contribution is 2.26. The fourth-order valence-corrected chi connectivity index (χ4v) is 15.0. The van der Waals surface area contributed by atoms with Gasteiger partial charge in [0.1, 0.15) is 85.1 Å². The molecule has 0 aliphatic carbocycles. The molecule has 3 aliphatic heterocycles. The predicted molar refractivity (Wildman–Crippen MR) is 425 cm³/mol. The number of hydrogen-bond donors (Lipinski definition) is 24. The van der Waals surface area contributed by atoms with Gasteiger partial charge in [-0.2, -0.15) is 35.3 Å². The average Bonchev–Trinajstić information content (AvgIpc) is 1.70. The van der Waals surface area contributed by atoms with Gasteiger partial charge in [0.25, 0.3) is 0 Å². The van der Waals surface area contributed by atoms with Crippen molar-refractivity contribution in [3.05, 3.63) is 70.8 Å². The predicted octanol–water partition coefficient (Wildman–Crippen LogP) is -10.7. The fourth-order valence-electron chi connectivity index (χ4n) is 12.0. The second-order valence-electron chi connectivity index (χ2n) is 28.2. The topological polar surface area (TPSA) is 707 Å². The van der Waals surface area contributed by atoms with Crippen LogP contribution in [0.15, 0.2) is 48.5 Å². The first-order valence-electron chi connectivity index (χ1n) is 37.8. The Morgan fingerprint density at radius 2 is 1.00 bits per heavy atom. The van der Waals surface area contributed by atoms with Crippen LogP contribution < -0.4 is 97.0 Å². The smallest absolute Gasteiger partial charge is 0.322 e. The quantitative estimate of drug-likeness (QED) is 0.0547. The lowest BCUT2D eigenvalue weighted by Crippen LogP contribution is -2.61. The van der Waals surface area contributed by atoms with Crippen LogP contribution in [0.1, 0.15) is 88.0 Å². The van der Waals surface area contributed by atoms with Gasteiger partial charge in [-0.25, -0.2) is 0 Å². The SMILES string of the molecule is CC(C)C1NC(=O)CNC(=O)[C@@H]2CSCc3cc(cc(c3)CSC[C@H](NC(=O)[C@H](C)N)C(=O)NC(CC(N)=O)C(=O)N[C@@H](CO)C(=O)NC(CCCCN)C(=O)N[C@@H](Cc3ccccc3)C(=O)N[C@@H](CO)C(=O)NCC(=O)N2)CSCC(C(=O)NCC(=O)O)NC(=O)[C@H](CO)NC(=O)C(CO)NC(=O)[C@@H]2CCCN2C(=O)[C@H](CC(=O)O)NC1=O. The third-order valence-corrected chi connectivity index (χ3v) is 21.6.